The van der Waals surface area contributed by atoms with Gasteiger partial charge in [0, 0.05) is 5.69 Å². The van der Waals surface area contributed by atoms with Crippen LogP contribution in [0.1, 0.15) is 15.9 Å². The van der Waals surface area contributed by atoms with E-state index >= 15 is 0 Å². The molecule has 0 bridgehead atoms. The van der Waals surface area contributed by atoms with E-state index < -0.39 is 22.4 Å². The molecule has 0 aromatic heterocycles. The number of carboxylic acid groups (broad SMARTS) is 1. The number of halogens is 1. The second kappa shape index (κ2) is 5.58. The largest absolute Gasteiger partial charge is 0.478 e. The van der Waals surface area contributed by atoms with Gasteiger partial charge in [0.25, 0.3) is 5.69 Å². The number of carboxylic acids is 1. The topological polar surface area (TPSA) is 92.5 Å². The van der Waals surface area contributed by atoms with Crippen molar-refractivity contribution in [2.45, 2.75) is 6.92 Å². The van der Waals surface area contributed by atoms with Crippen molar-refractivity contribution < 1.29 is 19.2 Å². The van der Waals surface area contributed by atoms with Crippen LogP contribution in [0.3, 0.4) is 0 Å². The van der Waals surface area contributed by atoms with Crippen LogP contribution >= 0.6 is 0 Å². The lowest BCUT2D eigenvalue weighted by Gasteiger charge is -2.09. The fourth-order valence-electron chi connectivity index (χ4n) is 1.81. The predicted molar refractivity (Wildman–Crippen MR) is 74.5 cm³/mol. The molecule has 2 N–H and O–H groups in total. The molecule has 0 fully saturated rings. The monoisotopic (exact) mass is 290 g/mol. The molecular formula is C14H11FN2O4. The van der Waals surface area contributed by atoms with Crippen molar-refractivity contribution in [1.82, 2.24) is 0 Å². The van der Waals surface area contributed by atoms with Crippen molar-refractivity contribution >= 4 is 23.0 Å². The average Bonchev–Trinajstić information content (AvgIpc) is 2.42. The smallest absolute Gasteiger partial charge is 0.335 e. The van der Waals surface area contributed by atoms with Gasteiger partial charge in [0.05, 0.1) is 16.6 Å². The number of hydrogen-bond donors (Lipinski definition) is 2. The molecule has 0 unspecified atom stereocenters. The van der Waals surface area contributed by atoms with E-state index in [1.807, 2.05) is 0 Å². The zero-order chi connectivity index (χ0) is 15.6. The molecular weight excluding hydrogens is 279 g/mol. The number of carbonyl (C=O) groups is 1. The Hall–Kier alpha value is -2.96. The summed E-state index contributed by atoms with van der Waals surface area (Å²) in [6.45, 7) is 1.48. The molecule has 0 saturated carbocycles. The average molecular weight is 290 g/mol. The van der Waals surface area contributed by atoms with Crippen LogP contribution in [0.2, 0.25) is 0 Å². The number of nitrogens with zero attached hydrogens (tertiary/aromatic N) is 1. The van der Waals surface area contributed by atoms with Gasteiger partial charge in [-0.15, -0.1) is 0 Å². The van der Waals surface area contributed by atoms with E-state index in [-0.39, 0.29) is 16.8 Å². The fraction of sp³-hybridized carbons (Fsp3) is 0.0714. The molecule has 7 heteroatoms. The molecule has 0 spiro atoms. The first-order valence-corrected chi connectivity index (χ1v) is 5.93. The van der Waals surface area contributed by atoms with Gasteiger partial charge in [0.1, 0.15) is 11.5 Å². The quantitative estimate of drug-likeness (QED) is 0.664. The van der Waals surface area contributed by atoms with Crippen LogP contribution in [0.25, 0.3) is 0 Å². The number of nitrogens with one attached hydrogen (secondary N) is 1. The first kappa shape index (κ1) is 14.4. The lowest BCUT2D eigenvalue weighted by atomic mass is 10.1. The number of hydrogen-bond acceptors (Lipinski definition) is 4. The minimum atomic E-state index is -1.11. The summed E-state index contributed by atoms with van der Waals surface area (Å²) in [4.78, 5) is 21.1. The van der Waals surface area contributed by atoms with Gasteiger partial charge in [-0.05, 0) is 36.8 Å². The normalized spacial score (nSPS) is 10.2. The van der Waals surface area contributed by atoms with E-state index in [1.54, 1.807) is 6.07 Å². The number of anilines is 2. The Labute approximate surface area is 119 Å². The molecule has 2 aromatic carbocycles. The van der Waals surface area contributed by atoms with Crippen molar-refractivity contribution in [2.75, 3.05) is 5.32 Å². The molecule has 2 aromatic rings. The van der Waals surface area contributed by atoms with Crippen LogP contribution in [0.4, 0.5) is 21.5 Å². The molecule has 0 aliphatic rings. The molecule has 0 heterocycles. The summed E-state index contributed by atoms with van der Waals surface area (Å²) in [5.41, 5.74) is 0.336. The summed E-state index contributed by atoms with van der Waals surface area (Å²) < 4.78 is 13.4. The van der Waals surface area contributed by atoms with Gasteiger partial charge < -0.3 is 10.4 Å². The lowest BCUT2D eigenvalue weighted by molar-refractivity contribution is -0.384. The second-order valence-corrected chi connectivity index (χ2v) is 4.39. The maximum atomic E-state index is 13.4. The van der Waals surface area contributed by atoms with Crippen molar-refractivity contribution in [3.63, 3.8) is 0 Å². The molecule has 0 radical (unpaired) electrons. The minimum absolute atomic E-state index is 0.0430. The van der Waals surface area contributed by atoms with E-state index in [0.29, 0.717) is 5.69 Å². The SMILES string of the molecule is Cc1cc(Nc2cccc(C(=O)O)c2)c([N+](=O)[O-])cc1F. The molecule has 0 aliphatic heterocycles. The van der Waals surface area contributed by atoms with E-state index in [0.717, 1.165) is 6.07 Å². The maximum Gasteiger partial charge on any atom is 0.335 e. The van der Waals surface area contributed by atoms with Crippen LogP contribution in [0, 0.1) is 22.9 Å². The molecule has 2 rings (SSSR count). The Bertz CT molecular complexity index is 731. The third-order valence-corrected chi connectivity index (χ3v) is 2.86. The summed E-state index contributed by atoms with van der Waals surface area (Å²) >= 11 is 0. The maximum absolute atomic E-state index is 13.4. The molecule has 0 amide bonds. The highest BCUT2D eigenvalue weighted by Crippen LogP contribution is 2.30. The minimum Gasteiger partial charge on any atom is -0.478 e. The molecule has 108 valence electrons. The summed E-state index contributed by atoms with van der Waals surface area (Å²) in [5.74, 6) is -1.78. The standard InChI is InChI=1S/C14H11FN2O4/c1-8-5-12(13(17(20)21)7-11(8)15)16-10-4-2-3-9(6-10)14(18)19/h2-7,16H,1H3,(H,18,19). The molecule has 0 aliphatic carbocycles. The Morgan fingerprint density at radius 3 is 2.67 bits per heavy atom. The van der Waals surface area contributed by atoms with Gasteiger partial charge in [-0.25, -0.2) is 9.18 Å². The molecule has 0 atom stereocenters. The van der Waals surface area contributed by atoms with Crippen molar-refractivity contribution in [3.05, 3.63) is 63.5 Å². The van der Waals surface area contributed by atoms with Crippen LogP contribution in [-0.4, -0.2) is 16.0 Å². The van der Waals surface area contributed by atoms with E-state index in [9.17, 15) is 19.3 Å². The lowest BCUT2D eigenvalue weighted by Crippen LogP contribution is -2.01. The van der Waals surface area contributed by atoms with Crippen LogP contribution in [0.5, 0.6) is 0 Å². The highest BCUT2D eigenvalue weighted by Gasteiger charge is 2.17. The van der Waals surface area contributed by atoms with Crippen LogP contribution in [-0.2, 0) is 0 Å². The van der Waals surface area contributed by atoms with Gasteiger partial charge in [-0.3, -0.25) is 10.1 Å². The van der Waals surface area contributed by atoms with Gasteiger partial charge in [0.15, 0.2) is 0 Å². The van der Waals surface area contributed by atoms with E-state index in [1.165, 1.54) is 31.2 Å². The fourth-order valence-corrected chi connectivity index (χ4v) is 1.81. The number of rotatable bonds is 4. The van der Waals surface area contributed by atoms with Crippen molar-refractivity contribution in [2.24, 2.45) is 0 Å². The van der Waals surface area contributed by atoms with Crippen molar-refractivity contribution in [3.8, 4) is 0 Å². The van der Waals surface area contributed by atoms with E-state index in [2.05, 4.69) is 5.32 Å². The second-order valence-electron chi connectivity index (χ2n) is 4.39. The Morgan fingerprint density at radius 2 is 2.05 bits per heavy atom. The zero-order valence-corrected chi connectivity index (χ0v) is 11.0. The highest BCUT2D eigenvalue weighted by atomic mass is 19.1. The van der Waals surface area contributed by atoms with Crippen molar-refractivity contribution in [1.29, 1.82) is 0 Å². The van der Waals surface area contributed by atoms with Crippen LogP contribution < -0.4 is 5.32 Å². The Balaban J connectivity index is 2.43. The Morgan fingerprint density at radius 1 is 1.33 bits per heavy atom. The summed E-state index contributed by atoms with van der Waals surface area (Å²) in [6, 6.07) is 7.95. The van der Waals surface area contributed by atoms with Gasteiger partial charge in [0.2, 0.25) is 0 Å². The summed E-state index contributed by atoms with van der Waals surface area (Å²) in [6.07, 6.45) is 0. The molecule has 21 heavy (non-hydrogen) atoms. The Kier molecular flexibility index (Phi) is 3.84. The van der Waals surface area contributed by atoms with Gasteiger partial charge >= 0.3 is 5.97 Å². The number of nitro benzene ring substituents is 1. The van der Waals surface area contributed by atoms with Gasteiger partial charge in [-0.2, -0.15) is 0 Å². The molecule has 6 nitrogen and oxygen atoms in total. The van der Waals surface area contributed by atoms with Crippen LogP contribution in [0.15, 0.2) is 36.4 Å². The summed E-state index contributed by atoms with van der Waals surface area (Å²) in [7, 11) is 0. The van der Waals surface area contributed by atoms with E-state index in [4.69, 9.17) is 5.11 Å². The first-order valence-electron chi connectivity index (χ1n) is 5.93. The predicted octanol–water partition coefficient (Wildman–Crippen LogP) is 3.48. The highest BCUT2D eigenvalue weighted by molar-refractivity contribution is 5.89. The summed E-state index contributed by atoms with van der Waals surface area (Å²) in [5, 5.41) is 22.6. The first-order chi connectivity index (χ1) is 9.88. The third kappa shape index (κ3) is 3.14. The zero-order valence-electron chi connectivity index (χ0n) is 11.0. The van der Waals surface area contributed by atoms with Gasteiger partial charge in [-0.1, -0.05) is 6.07 Å². The number of nitro groups is 1. The number of aryl methyl sites for hydroxylation is 1. The molecule has 0 saturated heterocycles. The third-order valence-electron chi connectivity index (χ3n) is 2.86. The number of aromatic carboxylic acids is 1. The number of benzene rings is 2.